The maximum absolute atomic E-state index is 13.0. The first kappa shape index (κ1) is 12.6. The highest BCUT2D eigenvalue weighted by Gasteiger charge is 2.19. The summed E-state index contributed by atoms with van der Waals surface area (Å²) in [7, 11) is 0. The molecule has 94 valence electrons. The van der Waals surface area contributed by atoms with Gasteiger partial charge in [-0.05, 0) is 42.9 Å². The fourth-order valence-corrected chi connectivity index (χ4v) is 2.15. The summed E-state index contributed by atoms with van der Waals surface area (Å²) in [6.07, 6.45) is 6.44. The largest absolute Gasteiger partial charge is 0.492 e. The van der Waals surface area contributed by atoms with Crippen LogP contribution in [0.25, 0.3) is 0 Å². The first-order valence-corrected chi connectivity index (χ1v) is 6.18. The highest BCUT2D eigenvalue weighted by atomic mass is 19.1. The van der Waals surface area contributed by atoms with Gasteiger partial charge in [-0.2, -0.15) is 5.26 Å². The van der Waals surface area contributed by atoms with E-state index in [4.69, 9.17) is 10.00 Å². The van der Waals surface area contributed by atoms with Crippen LogP contribution in [0.15, 0.2) is 30.4 Å². The average Bonchev–Trinajstić information content (AvgIpc) is 2.39. The Morgan fingerprint density at radius 1 is 1.39 bits per heavy atom. The van der Waals surface area contributed by atoms with Crippen LogP contribution in [0.1, 0.15) is 25.3 Å². The van der Waals surface area contributed by atoms with Gasteiger partial charge in [-0.15, -0.1) is 0 Å². The van der Waals surface area contributed by atoms with E-state index in [2.05, 4.69) is 19.1 Å². The monoisotopic (exact) mass is 245 g/mol. The zero-order valence-electron chi connectivity index (χ0n) is 10.4. The molecule has 2 nitrogen and oxygen atoms in total. The van der Waals surface area contributed by atoms with Crippen molar-refractivity contribution < 1.29 is 9.13 Å². The minimum atomic E-state index is -0.409. The molecule has 2 unspecified atom stereocenters. The SMILES string of the molecule is CC1CC=CCC1COc1ccc(F)cc1C#N. The van der Waals surface area contributed by atoms with E-state index in [0.717, 1.165) is 12.8 Å². The van der Waals surface area contributed by atoms with E-state index < -0.39 is 5.82 Å². The van der Waals surface area contributed by atoms with Crippen LogP contribution < -0.4 is 4.74 Å². The van der Waals surface area contributed by atoms with E-state index in [1.165, 1.54) is 18.2 Å². The number of ether oxygens (including phenoxy) is 1. The smallest absolute Gasteiger partial charge is 0.137 e. The molecule has 0 heterocycles. The maximum Gasteiger partial charge on any atom is 0.137 e. The van der Waals surface area contributed by atoms with Gasteiger partial charge in [-0.25, -0.2) is 4.39 Å². The Morgan fingerprint density at radius 3 is 2.89 bits per heavy atom. The molecule has 0 spiro atoms. The topological polar surface area (TPSA) is 33.0 Å². The van der Waals surface area contributed by atoms with Crippen molar-refractivity contribution in [3.8, 4) is 11.8 Å². The number of nitrogens with zero attached hydrogens (tertiary/aromatic N) is 1. The maximum atomic E-state index is 13.0. The van der Waals surface area contributed by atoms with Gasteiger partial charge in [0.2, 0.25) is 0 Å². The normalized spacial score (nSPS) is 22.5. The summed E-state index contributed by atoms with van der Waals surface area (Å²) in [5, 5.41) is 8.92. The zero-order chi connectivity index (χ0) is 13.0. The van der Waals surface area contributed by atoms with Crippen molar-refractivity contribution in [3.63, 3.8) is 0 Å². The minimum Gasteiger partial charge on any atom is -0.492 e. The number of halogens is 1. The number of rotatable bonds is 3. The summed E-state index contributed by atoms with van der Waals surface area (Å²) in [5.41, 5.74) is 0.258. The van der Waals surface area contributed by atoms with Crippen LogP contribution >= 0.6 is 0 Å². The number of hydrogen-bond donors (Lipinski definition) is 0. The molecule has 18 heavy (non-hydrogen) atoms. The van der Waals surface area contributed by atoms with Gasteiger partial charge in [0, 0.05) is 0 Å². The molecule has 0 aliphatic heterocycles. The van der Waals surface area contributed by atoms with Crippen LogP contribution in [-0.2, 0) is 0 Å². The lowest BCUT2D eigenvalue weighted by atomic mass is 9.85. The van der Waals surface area contributed by atoms with Crippen molar-refractivity contribution in [2.24, 2.45) is 11.8 Å². The predicted molar refractivity (Wildman–Crippen MR) is 67.6 cm³/mol. The molecule has 1 aromatic carbocycles. The first-order chi connectivity index (χ1) is 8.70. The van der Waals surface area contributed by atoms with Gasteiger partial charge >= 0.3 is 0 Å². The van der Waals surface area contributed by atoms with E-state index in [1.54, 1.807) is 0 Å². The van der Waals surface area contributed by atoms with E-state index >= 15 is 0 Å². The van der Waals surface area contributed by atoms with Crippen molar-refractivity contribution in [1.29, 1.82) is 5.26 Å². The van der Waals surface area contributed by atoms with Crippen LogP contribution in [0, 0.1) is 29.0 Å². The van der Waals surface area contributed by atoms with Crippen molar-refractivity contribution in [1.82, 2.24) is 0 Å². The molecule has 0 N–H and O–H groups in total. The Morgan fingerprint density at radius 2 is 2.17 bits per heavy atom. The molecule has 0 fully saturated rings. The molecule has 1 aliphatic rings. The zero-order valence-corrected chi connectivity index (χ0v) is 10.4. The Kier molecular flexibility index (Phi) is 3.99. The van der Waals surface area contributed by atoms with Crippen LogP contribution in [0.5, 0.6) is 5.75 Å². The molecule has 0 bridgehead atoms. The number of hydrogen-bond acceptors (Lipinski definition) is 2. The van der Waals surface area contributed by atoms with Gasteiger partial charge in [-0.3, -0.25) is 0 Å². The minimum absolute atomic E-state index is 0.258. The Labute approximate surface area is 107 Å². The second kappa shape index (κ2) is 5.68. The fraction of sp³-hybridized carbons (Fsp3) is 0.400. The van der Waals surface area contributed by atoms with Crippen LogP contribution in [0.2, 0.25) is 0 Å². The second-order valence-corrected chi connectivity index (χ2v) is 4.74. The molecule has 0 amide bonds. The van der Waals surface area contributed by atoms with Crippen molar-refractivity contribution in [2.45, 2.75) is 19.8 Å². The quantitative estimate of drug-likeness (QED) is 0.761. The van der Waals surface area contributed by atoms with Crippen molar-refractivity contribution >= 4 is 0 Å². The number of benzene rings is 1. The Bertz CT molecular complexity index is 490. The lowest BCUT2D eigenvalue weighted by Gasteiger charge is -2.25. The van der Waals surface area contributed by atoms with E-state index in [-0.39, 0.29) is 5.56 Å². The van der Waals surface area contributed by atoms with E-state index in [0.29, 0.717) is 24.2 Å². The third kappa shape index (κ3) is 2.89. The lowest BCUT2D eigenvalue weighted by Crippen LogP contribution is -2.21. The average molecular weight is 245 g/mol. The summed E-state index contributed by atoms with van der Waals surface area (Å²) in [6, 6.07) is 6.01. The molecule has 3 heteroatoms. The van der Waals surface area contributed by atoms with Crippen molar-refractivity contribution in [3.05, 3.63) is 41.7 Å². The predicted octanol–water partition coefficient (Wildman–Crippen LogP) is 3.68. The third-order valence-electron chi connectivity index (χ3n) is 3.43. The third-order valence-corrected chi connectivity index (χ3v) is 3.43. The van der Waals surface area contributed by atoms with Gasteiger partial charge in [-0.1, -0.05) is 19.1 Å². The number of nitriles is 1. The molecular weight excluding hydrogens is 229 g/mol. The summed E-state index contributed by atoms with van der Waals surface area (Å²) in [5.74, 6) is 1.11. The lowest BCUT2D eigenvalue weighted by molar-refractivity contribution is 0.198. The fourth-order valence-electron chi connectivity index (χ4n) is 2.15. The van der Waals surface area contributed by atoms with Gasteiger partial charge in [0.25, 0.3) is 0 Å². The first-order valence-electron chi connectivity index (χ1n) is 6.18. The Hall–Kier alpha value is -1.82. The molecular formula is C15H16FNO. The molecule has 0 saturated heterocycles. The van der Waals surface area contributed by atoms with Crippen LogP contribution in [0.4, 0.5) is 4.39 Å². The molecule has 2 atom stereocenters. The summed E-state index contributed by atoms with van der Waals surface area (Å²) in [4.78, 5) is 0. The molecule has 1 aromatic rings. The van der Waals surface area contributed by atoms with E-state index in [9.17, 15) is 4.39 Å². The summed E-state index contributed by atoms with van der Waals surface area (Å²) < 4.78 is 18.6. The van der Waals surface area contributed by atoms with E-state index in [1.807, 2.05) is 6.07 Å². The molecule has 0 saturated carbocycles. The van der Waals surface area contributed by atoms with Gasteiger partial charge in [0.1, 0.15) is 17.6 Å². The summed E-state index contributed by atoms with van der Waals surface area (Å²) >= 11 is 0. The molecule has 0 aromatic heterocycles. The summed E-state index contributed by atoms with van der Waals surface area (Å²) in [6.45, 7) is 2.78. The Balaban J connectivity index is 2.02. The van der Waals surface area contributed by atoms with Crippen LogP contribution in [0.3, 0.4) is 0 Å². The van der Waals surface area contributed by atoms with Crippen molar-refractivity contribution in [2.75, 3.05) is 6.61 Å². The highest BCUT2D eigenvalue weighted by Crippen LogP contribution is 2.27. The standard InChI is InChI=1S/C15H16FNO/c1-11-4-2-3-5-12(11)10-18-15-7-6-14(16)8-13(15)9-17/h2-3,6-8,11-12H,4-5,10H2,1H3. The molecule has 2 rings (SSSR count). The molecule has 1 aliphatic carbocycles. The highest BCUT2D eigenvalue weighted by molar-refractivity contribution is 5.43. The van der Waals surface area contributed by atoms with Gasteiger partial charge in [0.05, 0.1) is 12.2 Å². The van der Waals surface area contributed by atoms with Gasteiger partial charge in [0.15, 0.2) is 0 Å². The molecule has 0 radical (unpaired) electrons. The van der Waals surface area contributed by atoms with Gasteiger partial charge < -0.3 is 4.74 Å². The van der Waals surface area contributed by atoms with Crippen LogP contribution in [-0.4, -0.2) is 6.61 Å². The number of allylic oxidation sites excluding steroid dienone is 2. The second-order valence-electron chi connectivity index (χ2n) is 4.74.